The number of nitrogens with zero attached hydrogens (tertiary/aromatic N) is 1. The molecule has 1 rings (SSSR count). The lowest BCUT2D eigenvalue weighted by Gasteiger charge is -2.15. The van der Waals surface area contributed by atoms with Gasteiger partial charge in [0, 0.05) is 5.56 Å². The van der Waals surface area contributed by atoms with Gasteiger partial charge < -0.3 is 4.74 Å². The van der Waals surface area contributed by atoms with E-state index in [2.05, 4.69) is 9.72 Å². The molecule has 106 valence electrons. The minimum absolute atomic E-state index is 0.262. The minimum atomic E-state index is -5.10. The number of hydrogen-bond donors (Lipinski definition) is 0. The molecule has 0 aliphatic heterocycles. The molecule has 0 saturated carbocycles. The molecule has 0 aromatic carbocycles. The summed E-state index contributed by atoms with van der Waals surface area (Å²) >= 11 is 5.26. The van der Waals surface area contributed by atoms with Crippen LogP contribution in [0.2, 0.25) is 5.15 Å². The number of carbonyl (C=O) groups is 1. The zero-order chi connectivity index (χ0) is 14.8. The van der Waals surface area contributed by atoms with Gasteiger partial charge in [-0.15, -0.1) is 0 Å². The zero-order valence-electron chi connectivity index (χ0n) is 9.39. The Morgan fingerprint density at radius 2 is 2.05 bits per heavy atom. The number of pyridine rings is 1. The maximum absolute atomic E-state index is 12.7. The molecular weight excluding hydrogens is 297 g/mol. The van der Waals surface area contributed by atoms with E-state index in [0.717, 1.165) is 0 Å². The number of halogens is 6. The first-order valence-corrected chi connectivity index (χ1v) is 5.29. The third-order valence-electron chi connectivity index (χ3n) is 2.00. The highest BCUT2D eigenvalue weighted by Crippen LogP contribution is 2.36. The normalized spacial score (nSPS) is 11.8. The Kier molecular flexibility index (Phi) is 4.67. The van der Waals surface area contributed by atoms with Crippen LogP contribution in [-0.2, 0) is 10.9 Å². The molecule has 19 heavy (non-hydrogen) atoms. The molecule has 1 heterocycles. The molecular formula is C10H7ClF5NO2. The Balaban J connectivity index is 3.57. The van der Waals surface area contributed by atoms with Crippen LogP contribution in [0.25, 0.3) is 0 Å². The molecule has 0 N–H and O–H groups in total. The van der Waals surface area contributed by atoms with Crippen LogP contribution in [0.5, 0.6) is 0 Å². The largest absolute Gasteiger partial charge is 0.462 e. The summed E-state index contributed by atoms with van der Waals surface area (Å²) < 4.78 is 67.9. The lowest BCUT2D eigenvalue weighted by atomic mass is 10.1. The lowest BCUT2D eigenvalue weighted by molar-refractivity contribution is -0.141. The van der Waals surface area contributed by atoms with Gasteiger partial charge in [-0.25, -0.2) is 18.6 Å². The van der Waals surface area contributed by atoms with Crippen LogP contribution < -0.4 is 0 Å². The van der Waals surface area contributed by atoms with E-state index in [1.165, 1.54) is 6.92 Å². The van der Waals surface area contributed by atoms with E-state index in [4.69, 9.17) is 11.6 Å². The Morgan fingerprint density at radius 3 is 2.47 bits per heavy atom. The molecule has 0 saturated heterocycles. The summed E-state index contributed by atoms with van der Waals surface area (Å²) in [6.45, 7) is 1.07. The molecule has 1 aromatic rings. The predicted octanol–water partition coefficient (Wildman–Crippen LogP) is 3.87. The Hall–Kier alpha value is -1.44. The minimum Gasteiger partial charge on any atom is -0.462 e. The van der Waals surface area contributed by atoms with Crippen LogP contribution in [0.3, 0.4) is 0 Å². The van der Waals surface area contributed by atoms with Crippen molar-refractivity contribution in [3.8, 4) is 0 Å². The van der Waals surface area contributed by atoms with Gasteiger partial charge in [-0.05, 0) is 13.0 Å². The monoisotopic (exact) mass is 303 g/mol. The second-order valence-electron chi connectivity index (χ2n) is 3.28. The molecule has 0 aliphatic carbocycles. The molecule has 0 bridgehead atoms. The van der Waals surface area contributed by atoms with Crippen molar-refractivity contribution in [1.29, 1.82) is 0 Å². The first kappa shape index (κ1) is 15.6. The molecule has 0 fully saturated rings. The molecule has 0 aliphatic rings. The van der Waals surface area contributed by atoms with Gasteiger partial charge in [0.2, 0.25) is 0 Å². The summed E-state index contributed by atoms with van der Waals surface area (Å²) in [5, 5.41) is -0.782. The topological polar surface area (TPSA) is 39.2 Å². The lowest BCUT2D eigenvalue weighted by Crippen LogP contribution is -2.20. The van der Waals surface area contributed by atoms with E-state index in [9.17, 15) is 26.7 Å². The van der Waals surface area contributed by atoms with Crippen molar-refractivity contribution in [1.82, 2.24) is 4.98 Å². The van der Waals surface area contributed by atoms with Crippen LogP contribution in [0.1, 0.15) is 35.0 Å². The number of ether oxygens (including phenoxy) is 1. The third-order valence-corrected chi connectivity index (χ3v) is 2.20. The van der Waals surface area contributed by atoms with Gasteiger partial charge in [0.25, 0.3) is 6.43 Å². The van der Waals surface area contributed by atoms with Crippen LogP contribution >= 0.6 is 11.6 Å². The van der Waals surface area contributed by atoms with Gasteiger partial charge in [-0.3, -0.25) is 0 Å². The Bertz CT molecular complexity index is 490. The maximum atomic E-state index is 12.7. The summed E-state index contributed by atoms with van der Waals surface area (Å²) in [6.07, 6.45) is -8.42. The SMILES string of the molecule is CCOC(=O)c1c(C(F)F)cc(Cl)nc1C(F)(F)F. The molecule has 0 radical (unpaired) electrons. The van der Waals surface area contributed by atoms with Crippen LogP contribution in [0, 0.1) is 0 Å². The molecule has 0 unspecified atom stereocenters. The van der Waals surface area contributed by atoms with E-state index in [1.54, 1.807) is 0 Å². The summed E-state index contributed by atoms with van der Waals surface area (Å²) in [4.78, 5) is 14.3. The van der Waals surface area contributed by atoms with Crippen LogP contribution in [0.4, 0.5) is 22.0 Å². The van der Waals surface area contributed by atoms with E-state index in [-0.39, 0.29) is 6.61 Å². The van der Waals surface area contributed by atoms with E-state index in [0.29, 0.717) is 6.07 Å². The molecule has 9 heteroatoms. The molecule has 0 atom stereocenters. The second-order valence-corrected chi connectivity index (χ2v) is 3.66. The van der Waals surface area contributed by atoms with Gasteiger partial charge in [-0.1, -0.05) is 11.6 Å². The first-order valence-electron chi connectivity index (χ1n) is 4.91. The Morgan fingerprint density at radius 1 is 1.47 bits per heavy atom. The van der Waals surface area contributed by atoms with Crippen LogP contribution in [-0.4, -0.2) is 17.6 Å². The summed E-state index contributed by atoms with van der Waals surface area (Å²) in [5.74, 6) is -1.52. The van der Waals surface area contributed by atoms with Crippen molar-refractivity contribution >= 4 is 17.6 Å². The standard InChI is InChI=1S/C10H7ClF5NO2/c1-2-19-9(18)6-4(8(12)13)3-5(11)17-7(6)10(14,15)16/h3,8H,2H2,1H3. The van der Waals surface area contributed by atoms with Crippen molar-refractivity contribution in [2.45, 2.75) is 19.5 Å². The van der Waals surface area contributed by atoms with Crippen molar-refractivity contribution in [2.24, 2.45) is 0 Å². The highest BCUT2D eigenvalue weighted by molar-refractivity contribution is 6.29. The average molecular weight is 304 g/mol. The number of aromatic nitrogens is 1. The summed E-state index contributed by atoms with van der Waals surface area (Å²) in [6, 6.07) is 0.508. The van der Waals surface area contributed by atoms with Gasteiger partial charge in [0.05, 0.1) is 12.2 Å². The molecule has 3 nitrogen and oxygen atoms in total. The smallest absolute Gasteiger partial charge is 0.434 e. The molecule has 0 spiro atoms. The number of esters is 1. The summed E-state index contributed by atoms with van der Waals surface area (Å²) in [7, 11) is 0. The van der Waals surface area contributed by atoms with Crippen LogP contribution in [0.15, 0.2) is 6.07 Å². The van der Waals surface area contributed by atoms with E-state index >= 15 is 0 Å². The quantitative estimate of drug-likeness (QED) is 0.483. The second kappa shape index (κ2) is 5.68. The first-order chi connectivity index (χ1) is 8.68. The van der Waals surface area contributed by atoms with Gasteiger partial charge in [0.15, 0.2) is 5.69 Å². The fraction of sp³-hybridized carbons (Fsp3) is 0.400. The predicted molar refractivity (Wildman–Crippen MR) is 55.2 cm³/mol. The fourth-order valence-electron chi connectivity index (χ4n) is 1.33. The van der Waals surface area contributed by atoms with Gasteiger partial charge >= 0.3 is 12.1 Å². The number of carbonyl (C=O) groups excluding carboxylic acids is 1. The van der Waals surface area contributed by atoms with Crippen molar-refractivity contribution < 1.29 is 31.5 Å². The highest BCUT2D eigenvalue weighted by atomic mass is 35.5. The van der Waals surface area contributed by atoms with Crippen molar-refractivity contribution in [3.63, 3.8) is 0 Å². The third kappa shape index (κ3) is 3.52. The van der Waals surface area contributed by atoms with Gasteiger partial charge in [-0.2, -0.15) is 13.2 Å². The Labute approximate surface area is 109 Å². The van der Waals surface area contributed by atoms with Crippen molar-refractivity contribution in [3.05, 3.63) is 28.0 Å². The van der Waals surface area contributed by atoms with Gasteiger partial charge in [0.1, 0.15) is 5.15 Å². The maximum Gasteiger partial charge on any atom is 0.434 e. The van der Waals surface area contributed by atoms with E-state index < -0.39 is 40.5 Å². The van der Waals surface area contributed by atoms with E-state index in [1.807, 2.05) is 0 Å². The highest BCUT2D eigenvalue weighted by Gasteiger charge is 2.41. The molecule has 1 aromatic heterocycles. The van der Waals surface area contributed by atoms with Crippen molar-refractivity contribution in [2.75, 3.05) is 6.61 Å². The zero-order valence-corrected chi connectivity index (χ0v) is 10.1. The average Bonchev–Trinajstić information content (AvgIpc) is 2.26. The fourth-order valence-corrected chi connectivity index (χ4v) is 1.53. The molecule has 0 amide bonds. The summed E-state index contributed by atoms with van der Waals surface area (Å²) in [5.41, 5.74) is -4.26. The number of hydrogen-bond acceptors (Lipinski definition) is 3. The number of rotatable bonds is 3. The number of alkyl halides is 5.